The van der Waals surface area contributed by atoms with E-state index in [1.165, 1.54) is 6.92 Å². The second kappa shape index (κ2) is 17.0. The van der Waals surface area contributed by atoms with Gasteiger partial charge in [0.05, 0.1) is 33.0 Å². The minimum Gasteiger partial charge on any atom is -0.430 e. The van der Waals surface area contributed by atoms with Gasteiger partial charge in [-0.1, -0.05) is 127 Å². The fourth-order valence-electron chi connectivity index (χ4n) is 5.65. The van der Waals surface area contributed by atoms with Gasteiger partial charge in [0.1, 0.15) is 18.3 Å². The molecule has 0 amide bonds. The van der Waals surface area contributed by atoms with Crippen molar-refractivity contribution in [2.75, 3.05) is 6.61 Å². The lowest BCUT2D eigenvalue weighted by Crippen LogP contribution is -2.68. The number of esters is 1. The van der Waals surface area contributed by atoms with Crippen LogP contribution in [0.5, 0.6) is 0 Å². The van der Waals surface area contributed by atoms with E-state index >= 15 is 0 Å². The largest absolute Gasteiger partial charge is 0.430 e. The van der Waals surface area contributed by atoms with Crippen molar-refractivity contribution < 1.29 is 33.2 Å². The molecule has 240 valence electrons. The minimum atomic E-state index is -1.54. The average molecular weight is 623 g/mol. The maximum atomic E-state index is 12.7. The summed E-state index contributed by atoms with van der Waals surface area (Å²) in [5.74, 6) is -2.05. The van der Waals surface area contributed by atoms with Crippen molar-refractivity contribution in [3.05, 3.63) is 156 Å². The Balaban J connectivity index is 1.51. The summed E-state index contributed by atoms with van der Waals surface area (Å²) < 4.78 is 39.1. The van der Waals surface area contributed by atoms with E-state index in [1.54, 1.807) is 6.08 Å². The molecule has 0 radical (unpaired) electrons. The molecular weight excluding hydrogens is 580 g/mol. The van der Waals surface area contributed by atoms with E-state index in [-0.39, 0.29) is 26.2 Å². The Hall–Kier alpha value is -4.11. The van der Waals surface area contributed by atoms with Crippen LogP contribution >= 0.6 is 0 Å². The van der Waals surface area contributed by atoms with Crippen LogP contribution in [0, 0.1) is 0 Å². The molecule has 1 heterocycles. The quantitative estimate of drug-likeness (QED) is 0.0967. The van der Waals surface area contributed by atoms with Crippen LogP contribution in [0.15, 0.2) is 134 Å². The van der Waals surface area contributed by atoms with Crippen molar-refractivity contribution in [2.24, 2.45) is 0 Å². The summed E-state index contributed by atoms with van der Waals surface area (Å²) in [5, 5.41) is 0. The molecule has 46 heavy (non-hydrogen) atoms. The summed E-state index contributed by atoms with van der Waals surface area (Å²) in [5.41, 5.74) is 3.96. The van der Waals surface area contributed by atoms with Crippen LogP contribution in [0.2, 0.25) is 0 Å². The number of carbonyl (C=O) groups is 1. The Morgan fingerprint density at radius 1 is 0.674 bits per heavy atom. The normalized spacial score (nSPS) is 22.6. The predicted octanol–water partition coefficient (Wildman–Crippen LogP) is 7.19. The zero-order valence-corrected chi connectivity index (χ0v) is 26.2. The summed E-state index contributed by atoms with van der Waals surface area (Å²) in [6, 6.07) is 39.6. The van der Waals surface area contributed by atoms with Gasteiger partial charge in [-0.25, -0.2) is 0 Å². The van der Waals surface area contributed by atoms with Gasteiger partial charge >= 0.3 is 5.97 Å². The van der Waals surface area contributed by atoms with Crippen LogP contribution in [0.3, 0.4) is 0 Å². The van der Waals surface area contributed by atoms with E-state index < -0.39 is 36.2 Å². The van der Waals surface area contributed by atoms with E-state index in [9.17, 15) is 4.79 Å². The molecule has 0 bridgehead atoms. The summed E-state index contributed by atoms with van der Waals surface area (Å²) in [7, 11) is 0. The third kappa shape index (κ3) is 9.22. The van der Waals surface area contributed by atoms with Gasteiger partial charge in [-0.05, 0) is 22.3 Å². The van der Waals surface area contributed by atoms with E-state index in [0.717, 1.165) is 22.3 Å². The number of hydrogen-bond acceptors (Lipinski definition) is 7. The fraction of sp³-hybridized carbons (Fsp3) is 0.308. The summed E-state index contributed by atoms with van der Waals surface area (Å²) in [4.78, 5) is 12.7. The third-order valence-electron chi connectivity index (χ3n) is 7.75. The first kappa shape index (κ1) is 33.3. The Kier molecular flexibility index (Phi) is 12.3. The molecule has 1 fully saturated rings. The van der Waals surface area contributed by atoms with Crippen LogP contribution in [0.25, 0.3) is 0 Å². The van der Waals surface area contributed by atoms with Gasteiger partial charge < -0.3 is 28.4 Å². The van der Waals surface area contributed by atoms with Gasteiger partial charge in [-0.3, -0.25) is 4.79 Å². The van der Waals surface area contributed by atoms with E-state index in [4.69, 9.17) is 28.4 Å². The number of benzene rings is 4. The summed E-state index contributed by atoms with van der Waals surface area (Å²) >= 11 is 0. The van der Waals surface area contributed by atoms with E-state index in [0.29, 0.717) is 13.2 Å². The van der Waals surface area contributed by atoms with Gasteiger partial charge in [-0.2, -0.15) is 0 Å². The zero-order chi connectivity index (χ0) is 32.0. The van der Waals surface area contributed by atoms with Crippen LogP contribution in [-0.2, 0) is 59.6 Å². The van der Waals surface area contributed by atoms with Crippen LogP contribution in [-0.4, -0.2) is 42.8 Å². The monoisotopic (exact) mass is 622 g/mol. The molecule has 0 N–H and O–H groups in total. The Labute approximate surface area is 271 Å². The van der Waals surface area contributed by atoms with Gasteiger partial charge in [-0.15, -0.1) is 6.58 Å². The highest BCUT2D eigenvalue weighted by atomic mass is 16.8. The highest BCUT2D eigenvalue weighted by molar-refractivity contribution is 5.66. The molecule has 1 unspecified atom stereocenters. The van der Waals surface area contributed by atoms with E-state index in [2.05, 4.69) is 6.58 Å². The average Bonchev–Trinajstić information content (AvgIpc) is 3.08. The third-order valence-corrected chi connectivity index (χ3v) is 7.75. The molecule has 0 saturated carbocycles. The Morgan fingerprint density at radius 2 is 1.11 bits per heavy atom. The molecule has 4 aromatic carbocycles. The molecule has 5 atom stereocenters. The van der Waals surface area contributed by atoms with Gasteiger partial charge in [0.15, 0.2) is 6.10 Å². The molecule has 4 aromatic rings. The van der Waals surface area contributed by atoms with Crippen LogP contribution in [0.1, 0.15) is 35.6 Å². The zero-order valence-electron chi connectivity index (χ0n) is 26.2. The molecule has 0 aliphatic carbocycles. The van der Waals surface area contributed by atoms with Crippen molar-refractivity contribution in [3.63, 3.8) is 0 Å². The van der Waals surface area contributed by atoms with Crippen molar-refractivity contribution >= 4 is 5.97 Å². The number of hydrogen-bond donors (Lipinski definition) is 0. The molecule has 1 aliphatic rings. The van der Waals surface area contributed by atoms with Gasteiger partial charge in [0, 0.05) is 13.3 Å². The number of rotatable bonds is 16. The molecule has 5 rings (SSSR count). The SMILES string of the molecule is C=CCC1(OC(C)=O)O[C@H](COCc2ccccc2)[C@@H](OCc2ccccc2)[C@H](OCc2ccccc2)[C@H]1OCc1ccccc1. The lowest BCUT2D eigenvalue weighted by molar-refractivity contribution is -0.370. The fourth-order valence-corrected chi connectivity index (χ4v) is 5.65. The molecule has 1 aliphatic heterocycles. The number of ether oxygens (including phenoxy) is 6. The summed E-state index contributed by atoms with van der Waals surface area (Å²) in [6.45, 7) is 6.69. The smallest absolute Gasteiger partial charge is 0.305 e. The first-order chi connectivity index (χ1) is 22.6. The Morgan fingerprint density at radius 3 is 1.57 bits per heavy atom. The van der Waals surface area contributed by atoms with Crippen molar-refractivity contribution in [1.29, 1.82) is 0 Å². The lowest BCUT2D eigenvalue weighted by Gasteiger charge is -2.51. The summed E-state index contributed by atoms with van der Waals surface area (Å²) in [6.07, 6.45) is -1.07. The first-order valence-electron chi connectivity index (χ1n) is 15.6. The topological polar surface area (TPSA) is 72.5 Å². The van der Waals surface area contributed by atoms with Crippen molar-refractivity contribution in [2.45, 2.75) is 70.0 Å². The number of carbonyl (C=O) groups excluding carboxylic acids is 1. The van der Waals surface area contributed by atoms with Crippen molar-refractivity contribution in [3.8, 4) is 0 Å². The maximum absolute atomic E-state index is 12.7. The molecule has 0 spiro atoms. The van der Waals surface area contributed by atoms with Crippen molar-refractivity contribution in [1.82, 2.24) is 0 Å². The lowest BCUT2D eigenvalue weighted by atomic mass is 9.89. The maximum Gasteiger partial charge on any atom is 0.305 e. The van der Waals surface area contributed by atoms with Gasteiger partial charge in [0.2, 0.25) is 5.79 Å². The predicted molar refractivity (Wildman–Crippen MR) is 175 cm³/mol. The van der Waals surface area contributed by atoms with Crippen LogP contribution < -0.4 is 0 Å². The second-order valence-corrected chi connectivity index (χ2v) is 11.3. The molecule has 1 saturated heterocycles. The molecule has 7 nitrogen and oxygen atoms in total. The molecule has 7 heteroatoms. The Bertz CT molecular complexity index is 1470. The standard InChI is InChI=1S/C39H42O7/c1-3-24-39(45-30(2)40)38(44-28-34-22-14-7-15-23-34)37(43-27-33-20-12-6-13-21-33)36(42-26-32-18-10-5-11-19-32)35(46-39)29-41-25-31-16-8-4-9-17-31/h3-23,35-38H,1,24-29H2,2H3/t35-,36-,37+,38-,39?/m1/s1. The van der Waals surface area contributed by atoms with Gasteiger partial charge in [0.25, 0.3) is 0 Å². The first-order valence-corrected chi connectivity index (χ1v) is 15.6. The minimum absolute atomic E-state index is 0.158. The molecule has 0 aromatic heterocycles. The molecular formula is C39H42O7. The highest BCUT2D eigenvalue weighted by Crippen LogP contribution is 2.40. The second-order valence-electron chi connectivity index (χ2n) is 11.3. The highest BCUT2D eigenvalue weighted by Gasteiger charge is 2.58. The van der Waals surface area contributed by atoms with Crippen LogP contribution in [0.4, 0.5) is 0 Å². The van der Waals surface area contributed by atoms with E-state index in [1.807, 2.05) is 121 Å².